The van der Waals surface area contributed by atoms with Crippen molar-refractivity contribution in [1.29, 1.82) is 0 Å². The molecule has 0 aliphatic carbocycles. The maximum Gasteiger partial charge on any atom is 0.226 e. The Kier molecular flexibility index (Phi) is 4.08. The SMILES string of the molecule is CC(=O)N1CCN(C(=O)C(C)CN)CC1. The Morgan fingerprint density at radius 2 is 1.67 bits per heavy atom. The van der Waals surface area contributed by atoms with Crippen molar-refractivity contribution in [2.45, 2.75) is 13.8 Å². The summed E-state index contributed by atoms with van der Waals surface area (Å²) in [6.07, 6.45) is 0. The summed E-state index contributed by atoms with van der Waals surface area (Å²) in [7, 11) is 0. The topological polar surface area (TPSA) is 66.6 Å². The van der Waals surface area contributed by atoms with Crippen LogP contribution in [0.3, 0.4) is 0 Å². The monoisotopic (exact) mass is 213 g/mol. The molecule has 0 spiro atoms. The van der Waals surface area contributed by atoms with E-state index >= 15 is 0 Å². The molecule has 1 atom stereocenters. The van der Waals surface area contributed by atoms with Crippen molar-refractivity contribution in [2.24, 2.45) is 11.7 Å². The standard InChI is InChI=1S/C10H19N3O2/c1-8(7-11)10(15)13-5-3-12(4-6-13)9(2)14/h8H,3-7,11H2,1-2H3. The molecule has 1 rings (SSSR count). The Labute approximate surface area is 90.2 Å². The van der Waals surface area contributed by atoms with E-state index < -0.39 is 0 Å². The molecule has 5 nitrogen and oxygen atoms in total. The Bertz CT molecular complexity index is 247. The molecule has 1 fully saturated rings. The van der Waals surface area contributed by atoms with Gasteiger partial charge in [0, 0.05) is 45.6 Å². The van der Waals surface area contributed by atoms with Crippen LogP contribution in [0.15, 0.2) is 0 Å². The van der Waals surface area contributed by atoms with Gasteiger partial charge in [-0.3, -0.25) is 9.59 Å². The number of piperazine rings is 1. The van der Waals surface area contributed by atoms with E-state index in [1.54, 1.807) is 16.7 Å². The number of carbonyl (C=O) groups is 2. The lowest BCUT2D eigenvalue weighted by molar-refractivity contribution is -0.140. The Hall–Kier alpha value is -1.10. The normalized spacial score (nSPS) is 18.9. The van der Waals surface area contributed by atoms with Gasteiger partial charge in [-0.2, -0.15) is 0 Å². The first-order chi connectivity index (χ1) is 7.06. The van der Waals surface area contributed by atoms with Gasteiger partial charge in [-0.25, -0.2) is 0 Å². The van der Waals surface area contributed by atoms with E-state index in [-0.39, 0.29) is 17.7 Å². The second-order valence-corrected chi connectivity index (χ2v) is 3.97. The highest BCUT2D eigenvalue weighted by Gasteiger charge is 2.24. The lowest BCUT2D eigenvalue weighted by atomic mass is 10.1. The molecule has 5 heteroatoms. The van der Waals surface area contributed by atoms with Gasteiger partial charge >= 0.3 is 0 Å². The molecule has 15 heavy (non-hydrogen) atoms. The molecule has 0 radical (unpaired) electrons. The molecule has 2 amide bonds. The first kappa shape index (κ1) is 12.0. The van der Waals surface area contributed by atoms with Crippen molar-refractivity contribution in [3.8, 4) is 0 Å². The van der Waals surface area contributed by atoms with Crippen molar-refractivity contribution in [3.05, 3.63) is 0 Å². The van der Waals surface area contributed by atoms with Crippen molar-refractivity contribution < 1.29 is 9.59 Å². The number of carbonyl (C=O) groups excluding carboxylic acids is 2. The third-order valence-electron chi connectivity index (χ3n) is 2.81. The molecule has 0 aromatic rings. The van der Waals surface area contributed by atoms with Gasteiger partial charge in [-0.1, -0.05) is 6.92 Å². The number of hydrogen-bond acceptors (Lipinski definition) is 3. The summed E-state index contributed by atoms with van der Waals surface area (Å²) in [5, 5.41) is 0. The molecular weight excluding hydrogens is 194 g/mol. The summed E-state index contributed by atoms with van der Waals surface area (Å²) in [5.41, 5.74) is 5.44. The van der Waals surface area contributed by atoms with Gasteiger partial charge in [-0.05, 0) is 0 Å². The van der Waals surface area contributed by atoms with E-state index in [1.807, 2.05) is 6.92 Å². The maximum absolute atomic E-state index is 11.7. The highest BCUT2D eigenvalue weighted by Crippen LogP contribution is 2.06. The van der Waals surface area contributed by atoms with Crippen LogP contribution >= 0.6 is 0 Å². The molecule has 0 aromatic heterocycles. The predicted octanol–water partition coefficient (Wildman–Crippen LogP) is -0.728. The molecule has 1 aliphatic rings. The van der Waals surface area contributed by atoms with Crippen LogP contribution in [-0.4, -0.2) is 54.3 Å². The van der Waals surface area contributed by atoms with Crippen LogP contribution in [0.5, 0.6) is 0 Å². The fraction of sp³-hybridized carbons (Fsp3) is 0.800. The molecule has 1 saturated heterocycles. The van der Waals surface area contributed by atoms with Gasteiger partial charge in [-0.15, -0.1) is 0 Å². The minimum Gasteiger partial charge on any atom is -0.339 e. The molecule has 86 valence electrons. The predicted molar refractivity (Wildman–Crippen MR) is 57.1 cm³/mol. The number of nitrogens with two attached hydrogens (primary N) is 1. The van der Waals surface area contributed by atoms with Crippen LogP contribution in [0.1, 0.15) is 13.8 Å². The van der Waals surface area contributed by atoms with E-state index in [2.05, 4.69) is 0 Å². The summed E-state index contributed by atoms with van der Waals surface area (Å²) < 4.78 is 0. The van der Waals surface area contributed by atoms with Gasteiger partial charge < -0.3 is 15.5 Å². The zero-order chi connectivity index (χ0) is 11.4. The summed E-state index contributed by atoms with van der Waals surface area (Å²) in [5.74, 6) is 0.0588. The van der Waals surface area contributed by atoms with E-state index in [4.69, 9.17) is 5.73 Å². The van der Waals surface area contributed by atoms with E-state index in [0.29, 0.717) is 32.7 Å². The fourth-order valence-corrected chi connectivity index (χ4v) is 1.65. The first-order valence-corrected chi connectivity index (χ1v) is 5.30. The van der Waals surface area contributed by atoms with E-state index in [0.717, 1.165) is 0 Å². The maximum atomic E-state index is 11.7. The minimum absolute atomic E-state index is 0.0778. The minimum atomic E-state index is -0.117. The molecule has 0 bridgehead atoms. The van der Waals surface area contributed by atoms with Crippen LogP contribution in [-0.2, 0) is 9.59 Å². The molecule has 0 saturated carbocycles. The molecule has 1 unspecified atom stereocenters. The van der Waals surface area contributed by atoms with Crippen LogP contribution in [0, 0.1) is 5.92 Å². The highest BCUT2D eigenvalue weighted by molar-refractivity contribution is 5.79. The van der Waals surface area contributed by atoms with E-state index in [1.165, 1.54) is 0 Å². The van der Waals surface area contributed by atoms with Crippen LogP contribution in [0.2, 0.25) is 0 Å². The number of hydrogen-bond donors (Lipinski definition) is 1. The quantitative estimate of drug-likeness (QED) is 0.658. The molecule has 1 heterocycles. The second kappa shape index (κ2) is 5.11. The van der Waals surface area contributed by atoms with Crippen molar-refractivity contribution >= 4 is 11.8 Å². The van der Waals surface area contributed by atoms with Gasteiger partial charge in [0.25, 0.3) is 0 Å². The molecule has 0 aromatic carbocycles. The fourth-order valence-electron chi connectivity index (χ4n) is 1.65. The smallest absolute Gasteiger partial charge is 0.226 e. The van der Waals surface area contributed by atoms with Gasteiger partial charge in [0.05, 0.1) is 0 Å². The zero-order valence-electron chi connectivity index (χ0n) is 9.40. The lowest BCUT2D eigenvalue weighted by Gasteiger charge is -2.35. The van der Waals surface area contributed by atoms with Gasteiger partial charge in [0.2, 0.25) is 11.8 Å². The summed E-state index contributed by atoms with van der Waals surface area (Å²) >= 11 is 0. The van der Waals surface area contributed by atoms with E-state index in [9.17, 15) is 9.59 Å². The Morgan fingerprint density at radius 3 is 2.07 bits per heavy atom. The van der Waals surface area contributed by atoms with Gasteiger partial charge in [0.1, 0.15) is 0 Å². The molecule has 1 aliphatic heterocycles. The van der Waals surface area contributed by atoms with Crippen molar-refractivity contribution in [1.82, 2.24) is 9.80 Å². The second-order valence-electron chi connectivity index (χ2n) is 3.97. The Balaban J connectivity index is 2.43. The number of nitrogens with zero attached hydrogens (tertiary/aromatic N) is 2. The van der Waals surface area contributed by atoms with Crippen LogP contribution in [0.25, 0.3) is 0 Å². The third-order valence-corrected chi connectivity index (χ3v) is 2.81. The highest BCUT2D eigenvalue weighted by atomic mass is 16.2. The number of rotatable bonds is 2. The average molecular weight is 213 g/mol. The van der Waals surface area contributed by atoms with Crippen molar-refractivity contribution in [3.63, 3.8) is 0 Å². The summed E-state index contributed by atoms with van der Waals surface area (Å²) in [6, 6.07) is 0. The lowest BCUT2D eigenvalue weighted by Crippen LogP contribution is -2.51. The Morgan fingerprint density at radius 1 is 1.20 bits per heavy atom. The summed E-state index contributed by atoms with van der Waals surface area (Å²) in [6.45, 7) is 6.30. The van der Waals surface area contributed by atoms with Gasteiger partial charge in [0.15, 0.2) is 0 Å². The van der Waals surface area contributed by atoms with Crippen LogP contribution < -0.4 is 5.73 Å². The molecular formula is C10H19N3O2. The first-order valence-electron chi connectivity index (χ1n) is 5.30. The largest absolute Gasteiger partial charge is 0.339 e. The molecule has 2 N–H and O–H groups in total. The third kappa shape index (κ3) is 2.92. The zero-order valence-corrected chi connectivity index (χ0v) is 9.40. The number of amides is 2. The van der Waals surface area contributed by atoms with Crippen molar-refractivity contribution in [2.75, 3.05) is 32.7 Å². The van der Waals surface area contributed by atoms with Crippen LogP contribution in [0.4, 0.5) is 0 Å². The summed E-state index contributed by atoms with van der Waals surface area (Å²) in [4.78, 5) is 26.4. The average Bonchev–Trinajstić information content (AvgIpc) is 2.27.